The number of fused-ring (bicyclic) bond motifs is 3. The highest BCUT2D eigenvalue weighted by Crippen LogP contribution is 2.56. The maximum Gasteiger partial charge on any atom is 0.475 e. The Morgan fingerprint density at radius 1 is 0.439 bits per heavy atom. The number of piperidine rings is 3. The van der Waals surface area contributed by atoms with Crippen molar-refractivity contribution in [3.05, 3.63) is 163 Å². The first-order chi connectivity index (χ1) is 47.5. The summed E-state index contributed by atoms with van der Waals surface area (Å²) in [7, 11) is 1.24. The Labute approximate surface area is 561 Å². The summed E-state index contributed by atoms with van der Waals surface area (Å²) in [5.74, 6) is -0.464. The molecule has 0 unspecified atom stereocenters. The van der Waals surface area contributed by atoms with E-state index in [-0.39, 0.29) is 17.1 Å². The SMILES string of the molecule is Cc1cc(-c2nc(C(=O)Nc3cc4cnn(C)c4cc3N3CCC(OP(=O)(OC4CCN(c5cc6c(cnn6C)cc5NC(=O)c5coc(-c6ccnc(C)c6)n5)CC4)OC4CCN(c5cc6c(cnn6C)cc5NC(=O)c5coc(-c6ccnc(C)c6)n5)CC4)CC3)co2)ccn1. The molecule has 3 aliphatic rings. The van der Waals surface area contributed by atoms with E-state index in [0.29, 0.717) is 129 Å². The van der Waals surface area contributed by atoms with E-state index in [1.165, 1.54) is 18.8 Å². The molecule has 98 heavy (non-hydrogen) atoms. The highest BCUT2D eigenvalue weighted by molar-refractivity contribution is 7.48. The summed E-state index contributed by atoms with van der Waals surface area (Å²) in [6.45, 7) is 8.40. The maximum atomic E-state index is 15.9. The Bertz CT molecular complexity index is 4570. The zero-order valence-corrected chi connectivity index (χ0v) is 55.5. The van der Waals surface area contributed by atoms with Crippen LogP contribution in [-0.4, -0.2) is 135 Å². The predicted octanol–water partition coefficient (Wildman–Crippen LogP) is 11.6. The van der Waals surface area contributed by atoms with Gasteiger partial charge in [0.2, 0.25) is 17.7 Å². The third-order valence-corrected chi connectivity index (χ3v) is 19.8. The molecule has 0 bridgehead atoms. The number of amides is 3. The first-order valence-corrected chi connectivity index (χ1v) is 33.8. The fourth-order valence-electron chi connectivity index (χ4n) is 13.0. The maximum absolute atomic E-state index is 15.9. The number of pyridine rings is 3. The summed E-state index contributed by atoms with van der Waals surface area (Å²) in [6, 6.07) is 22.6. The number of nitrogens with zero attached hydrogens (tertiary/aromatic N) is 15. The van der Waals surface area contributed by atoms with Crippen molar-refractivity contribution in [1.29, 1.82) is 0 Å². The highest BCUT2D eigenvalue weighted by atomic mass is 31.2. The summed E-state index contributed by atoms with van der Waals surface area (Å²) in [6.07, 6.45) is 15.3. The molecule has 0 saturated carbocycles. The smallest absolute Gasteiger partial charge is 0.444 e. The van der Waals surface area contributed by atoms with Crippen molar-refractivity contribution in [1.82, 2.24) is 59.2 Å². The Morgan fingerprint density at radius 3 is 1.00 bits per heavy atom. The molecular weight excluding hydrogens is 1270 g/mol. The van der Waals surface area contributed by atoms with E-state index in [1.807, 2.05) is 96.5 Å². The van der Waals surface area contributed by atoms with Gasteiger partial charge in [-0.3, -0.25) is 57.0 Å². The van der Waals surface area contributed by atoms with Crippen LogP contribution in [0.1, 0.15) is 87.1 Å². The predicted molar refractivity (Wildman–Crippen MR) is 366 cm³/mol. The van der Waals surface area contributed by atoms with Gasteiger partial charge in [0.25, 0.3) is 17.7 Å². The molecule has 3 aliphatic heterocycles. The standard InChI is InChI=1S/C69H69N18O10P/c1-40-25-43(7-16-70-40)67-79-55(37-92-67)64(88)76-52-28-46-34-73-82(4)58(46)31-61(52)85-19-10-49(11-20-85)95-98(91,96-50-12-21-86(22-13-50)62-32-59-47(35-74-83(59)5)29-53(62)77-65(89)56-38-93-68(80-56)44-8-17-71-41(2)26-44)97-51-14-23-87(24-15-51)63-33-60-48(36-75-84(60)6)30-54(63)78-66(90)57-39-94-69(81-57)45-9-18-72-42(3)27-45/h7-9,16-18,25-39,49-51H,10-15,19-24H2,1-6H3,(H,76,88)(H,77,89)(H,78,90). The van der Waals surface area contributed by atoms with Crippen LogP contribution in [0.15, 0.2) is 142 Å². The van der Waals surface area contributed by atoms with Crippen molar-refractivity contribution in [3.63, 3.8) is 0 Å². The number of benzene rings is 3. The van der Waals surface area contributed by atoms with Gasteiger partial charge in [0.1, 0.15) is 18.8 Å². The van der Waals surface area contributed by atoms with Crippen molar-refractivity contribution >= 4 is 92.4 Å². The monoisotopic (exact) mass is 1340 g/mol. The molecule has 3 saturated heterocycles. The minimum Gasteiger partial charge on any atom is -0.444 e. The van der Waals surface area contributed by atoms with E-state index < -0.39 is 43.9 Å². The largest absolute Gasteiger partial charge is 0.475 e. The molecule has 12 heterocycles. The van der Waals surface area contributed by atoms with Crippen LogP contribution in [0.2, 0.25) is 0 Å². The lowest BCUT2D eigenvalue weighted by Gasteiger charge is -2.39. The Kier molecular flexibility index (Phi) is 16.9. The van der Waals surface area contributed by atoms with Crippen LogP contribution in [0.5, 0.6) is 0 Å². The second kappa shape index (κ2) is 26.2. The summed E-state index contributed by atoms with van der Waals surface area (Å²) >= 11 is 0. The van der Waals surface area contributed by atoms with Crippen molar-refractivity contribution < 1.29 is 45.8 Å². The van der Waals surface area contributed by atoms with Crippen LogP contribution >= 0.6 is 7.82 Å². The number of hydrogen-bond acceptors (Lipinski definition) is 22. The number of aromatic nitrogens is 12. The summed E-state index contributed by atoms with van der Waals surface area (Å²) < 4.78 is 58.8. The molecule has 12 aromatic rings. The van der Waals surface area contributed by atoms with Gasteiger partial charge in [-0.1, -0.05) is 0 Å². The molecule has 28 nitrogen and oxygen atoms in total. The first kappa shape index (κ1) is 63.1. The zero-order valence-electron chi connectivity index (χ0n) is 54.6. The summed E-state index contributed by atoms with van der Waals surface area (Å²) in [5.41, 5.74) is 11.3. The number of aryl methyl sites for hydroxylation is 6. The number of anilines is 6. The molecule has 3 amide bonds. The molecule has 500 valence electrons. The van der Waals surface area contributed by atoms with Crippen molar-refractivity contribution in [2.24, 2.45) is 21.1 Å². The highest BCUT2D eigenvalue weighted by Gasteiger charge is 2.41. The Hall–Kier alpha value is -10.9. The molecule has 0 atom stereocenters. The van der Waals surface area contributed by atoms with Crippen LogP contribution in [0.3, 0.4) is 0 Å². The fraction of sp³-hybridized carbons (Fsp3) is 0.304. The van der Waals surface area contributed by atoms with E-state index in [2.05, 4.69) is 75.9 Å². The van der Waals surface area contributed by atoms with Gasteiger partial charge < -0.3 is 43.9 Å². The number of carbonyl (C=O) groups is 3. The molecule has 29 heteroatoms. The quantitative estimate of drug-likeness (QED) is 0.0672. The molecular formula is C69H69N18O10P. The number of phosphoric ester groups is 1. The van der Waals surface area contributed by atoms with Gasteiger partial charge >= 0.3 is 7.82 Å². The third-order valence-electron chi connectivity index (χ3n) is 18.2. The van der Waals surface area contributed by atoms with Crippen molar-refractivity contribution in [2.75, 3.05) is 69.9 Å². The van der Waals surface area contributed by atoms with Crippen LogP contribution < -0.4 is 30.7 Å². The summed E-state index contributed by atoms with van der Waals surface area (Å²) in [4.78, 5) is 74.9. The fourth-order valence-corrected chi connectivity index (χ4v) is 14.9. The van der Waals surface area contributed by atoms with E-state index in [1.54, 1.807) is 69.4 Å². The van der Waals surface area contributed by atoms with Gasteiger partial charge in [-0.2, -0.15) is 15.3 Å². The van der Waals surface area contributed by atoms with Crippen molar-refractivity contribution in [3.8, 4) is 34.4 Å². The van der Waals surface area contributed by atoms with Crippen LogP contribution in [0.4, 0.5) is 34.1 Å². The second-order valence-electron chi connectivity index (χ2n) is 24.9. The Balaban J connectivity index is 0.664. The summed E-state index contributed by atoms with van der Waals surface area (Å²) in [5, 5.41) is 25.3. The Morgan fingerprint density at radius 2 is 0.724 bits per heavy atom. The molecule has 3 fully saturated rings. The number of oxazole rings is 3. The molecule has 9 aromatic heterocycles. The van der Waals surface area contributed by atoms with E-state index in [4.69, 9.17) is 26.8 Å². The van der Waals surface area contributed by atoms with E-state index in [9.17, 15) is 14.4 Å². The molecule has 0 aliphatic carbocycles. The number of phosphoric acid groups is 1. The number of hydrogen-bond donors (Lipinski definition) is 3. The van der Waals surface area contributed by atoms with Gasteiger partial charge in [0.15, 0.2) is 17.1 Å². The first-order valence-electron chi connectivity index (χ1n) is 32.4. The van der Waals surface area contributed by atoms with Crippen LogP contribution in [0.25, 0.3) is 67.1 Å². The zero-order chi connectivity index (χ0) is 67.3. The second-order valence-corrected chi connectivity index (χ2v) is 26.5. The lowest BCUT2D eigenvalue weighted by atomic mass is 10.1. The lowest BCUT2D eigenvalue weighted by Crippen LogP contribution is -2.40. The molecule has 15 rings (SSSR count). The average molecular weight is 1340 g/mol. The van der Waals surface area contributed by atoms with Gasteiger partial charge in [-0.15, -0.1) is 0 Å². The molecule has 0 spiro atoms. The molecule has 3 aromatic carbocycles. The van der Waals surface area contributed by atoms with Gasteiger partial charge in [0, 0.05) is 129 Å². The van der Waals surface area contributed by atoms with Gasteiger partial charge in [-0.25, -0.2) is 19.5 Å². The number of nitrogens with one attached hydrogen (secondary N) is 3. The third kappa shape index (κ3) is 13.1. The average Bonchev–Trinajstić information content (AvgIpc) is 1.48. The topological polar surface area (TPSA) is 312 Å². The minimum atomic E-state index is -4.37. The number of carbonyl (C=O) groups excluding carboxylic acids is 3. The minimum absolute atomic E-state index is 0.108. The van der Waals surface area contributed by atoms with Gasteiger partial charge in [-0.05, 0) is 132 Å². The van der Waals surface area contributed by atoms with Crippen LogP contribution in [0, 0.1) is 20.8 Å². The lowest BCUT2D eigenvalue weighted by molar-refractivity contribution is 0.0146. The van der Waals surface area contributed by atoms with E-state index in [0.717, 1.165) is 66.9 Å². The van der Waals surface area contributed by atoms with Crippen LogP contribution in [-0.2, 0) is 39.3 Å². The van der Waals surface area contributed by atoms with Gasteiger partial charge in [0.05, 0.1) is 87.6 Å². The molecule has 0 radical (unpaired) electrons. The van der Waals surface area contributed by atoms with Crippen molar-refractivity contribution in [2.45, 2.75) is 77.6 Å². The van der Waals surface area contributed by atoms with E-state index >= 15 is 4.57 Å². The number of rotatable bonds is 18. The molecule has 3 N–H and O–H groups in total. The normalized spacial score (nSPS) is 15.3.